The first kappa shape index (κ1) is 21.3. The summed E-state index contributed by atoms with van der Waals surface area (Å²) in [6.45, 7) is 2.09. The lowest BCUT2D eigenvalue weighted by Crippen LogP contribution is -2.24. The molecule has 36 heavy (non-hydrogen) atoms. The highest BCUT2D eigenvalue weighted by atomic mass is 32.1. The fourth-order valence-corrected chi connectivity index (χ4v) is 6.61. The highest BCUT2D eigenvalue weighted by Crippen LogP contribution is 2.47. The second-order valence-corrected chi connectivity index (χ2v) is 10.8. The van der Waals surface area contributed by atoms with E-state index in [2.05, 4.69) is 48.7 Å². The number of aromatic nitrogens is 2. The van der Waals surface area contributed by atoms with Gasteiger partial charge < -0.3 is 4.74 Å². The van der Waals surface area contributed by atoms with Gasteiger partial charge in [-0.3, -0.25) is 4.79 Å². The summed E-state index contributed by atoms with van der Waals surface area (Å²) in [5, 5.41) is 2.05. The number of imidazole rings is 1. The van der Waals surface area contributed by atoms with Crippen molar-refractivity contribution in [2.24, 2.45) is 0 Å². The van der Waals surface area contributed by atoms with Gasteiger partial charge in [0.2, 0.25) is 0 Å². The molecule has 0 radical (unpaired) electrons. The van der Waals surface area contributed by atoms with Crippen molar-refractivity contribution in [1.29, 1.82) is 0 Å². The van der Waals surface area contributed by atoms with Crippen molar-refractivity contribution in [2.45, 2.75) is 12.8 Å². The number of thiophene rings is 1. The number of benzene rings is 3. The van der Waals surface area contributed by atoms with E-state index in [9.17, 15) is 4.79 Å². The van der Waals surface area contributed by atoms with Gasteiger partial charge in [-0.25, -0.2) is 9.38 Å². The van der Waals surface area contributed by atoms with Crippen LogP contribution in [0.3, 0.4) is 0 Å². The number of aryl methyl sites for hydroxylation is 1. The Morgan fingerprint density at radius 3 is 2.58 bits per heavy atom. The van der Waals surface area contributed by atoms with Crippen LogP contribution in [0.4, 0.5) is 0 Å². The van der Waals surface area contributed by atoms with Gasteiger partial charge in [0.05, 0.1) is 20.4 Å². The van der Waals surface area contributed by atoms with E-state index in [4.69, 9.17) is 9.72 Å². The van der Waals surface area contributed by atoms with E-state index in [0.29, 0.717) is 9.49 Å². The predicted molar refractivity (Wildman–Crippen MR) is 148 cm³/mol. The van der Waals surface area contributed by atoms with E-state index >= 15 is 0 Å². The van der Waals surface area contributed by atoms with Crippen LogP contribution in [0.1, 0.15) is 27.5 Å². The molecule has 3 aromatic carbocycles. The van der Waals surface area contributed by atoms with Gasteiger partial charge in [0.25, 0.3) is 5.56 Å². The van der Waals surface area contributed by atoms with Crippen LogP contribution < -0.4 is 14.8 Å². The van der Waals surface area contributed by atoms with Crippen LogP contribution in [-0.2, 0) is 0 Å². The number of hydrogen-bond donors (Lipinski definition) is 0. The molecule has 0 bridgehead atoms. The van der Waals surface area contributed by atoms with Crippen molar-refractivity contribution >= 4 is 50.5 Å². The molecule has 3 aromatic heterocycles. The lowest BCUT2D eigenvalue weighted by molar-refractivity contribution is 0.490. The van der Waals surface area contributed by atoms with Gasteiger partial charge in [-0.2, -0.15) is 0 Å². The Balaban J connectivity index is 1.54. The standard InChI is InChI=1S/C30H20N2O2S2/c1-18-12-14-19(15-13-18)27-20-7-2-5-10-24(20)34-28(25-11-6-16-35-25)21(27)17-26-29(33)32-23-9-4-3-8-22(23)31-30(32)36-26/h2-17,27H,1H3. The minimum absolute atomic E-state index is 0.0526. The minimum atomic E-state index is -0.0711. The van der Waals surface area contributed by atoms with Gasteiger partial charge in [0.15, 0.2) is 4.96 Å². The van der Waals surface area contributed by atoms with E-state index in [0.717, 1.165) is 44.1 Å². The number of rotatable bonds is 3. The number of para-hydroxylation sites is 3. The van der Waals surface area contributed by atoms with Crippen LogP contribution in [-0.4, -0.2) is 9.38 Å². The third-order valence-electron chi connectivity index (χ3n) is 6.60. The molecule has 4 nitrogen and oxygen atoms in total. The maximum absolute atomic E-state index is 13.6. The fourth-order valence-electron chi connectivity index (χ4n) is 4.90. The Hall–Kier alpha value is -4.00. The predicted octanol–water partition coefficient (Wildman–Crippen LogP) is 6.41. The average molecular weight is 505 g/mol. The van der Waals surface area contributed by atoms with Gasteiger partial charge in [0.1, 0.15) is 11.5 Å². The first-order chi connectivity index (χ1) is 17.7. The Kier molecular flexibility index (Phi) is 4.91. The molecule has 4 heterocycles. The molecule has 0 spiro atoms. The summed E-state index contributed by atoms with van der Waals surface area (Å²) in [6.07, 6.45) is 2.02. The highest BCUT2D eigenvalue weighted by molar-refractivity contribution is 7.15. The van der Waals surface area contributed by atoms with Gasteiger partial charge in [-0.15, -0.1) is 11.3 Å². The van der Waals surface area contributed by atoms with Crippen LogP contribution in [0.5, 0.6) is 5.75 Å². The third kappa shape index (κ3) is 3.33. The zero-order valence-electron chi connectivity index (χ0n) is 19.3. The molecule has 1 atom stereocenters. The molecular formula is C30H20N2O2S2. The average Bonchev–Trinajstić information content (AvgIpc) is 3.62. The SMILES string of the molecule is Cc1ccc(C2C(C=c3sc4nc5ccccc5n4c3=O)=C(c3cccs3)Oc3ccccc32)cc1. The lowest BCUT2D eigenvalue weighted by Gasteiger charge is -2.29. The third-order valence-corrected chi connectivity index (χ3v) is 8.44. The van der Waals surface area contributed by atoms with Crippen LogP contribution >= 0.6 is 22.7 Å². The number of ether oxygens (including phenoxy) is 1. The minimum Gasteiger partial charge on any atom is -0.455 e. The smallest absolute Gasteiger partial charge is 0.274 e. The number of allylic oxidation sites excluding steroid dienone is 1. The van der Waals surface area contributed by atoms with Crippen LogP contribution in [0.25, 0.3) is 27.8 Å². The summed E-state index contributed by atoms with van der Waals surface area (Å²) in [5.74, 6) is 1.57. The number of fused-ring (bicyclic) bond motifs is 4. The van der Waals surface area contributed by atoms with E-state index in [1.807, 2.05) is 54.6 Å². The number of thiazole rings is 1. The molecule has 174 valence electrons. The molecule has 1 unspecified atom stereocenters. The summed E-state index contributed by atoms with van der Waals surface area (Å²) in [5.41, 5.74) is 6.05. The van der Waals surface area contributed by atoms with Gasteiger partial charge >= 0.3 is 0 Å². The Bertz CT molecular complexity index is 1890. The maximum atomic E-state index is 13.6. The van der Waals surface area contributed by atoms with E-state index < -0.39 is 0 Å². The normalized spacial score (nSPS) is 16.0. The van der Waals surface area contributed by atoms with Crippen LogP contribution in [0.15, 0.2) is 101 Å². The molecule has 0 saturated heterocycles. The Labute approximate surface area is 215 Å². The van der Waals surface area contributed by atoms with Crippen molar-refractivity contribution in [1.82, 2.24) is 9.38 Å². The van der Waals surface area contributed by atoms with Gasteiger partial charge in [-0.05, 0) is 48.2 Å². The Morgan fingerprint density at radius 1 is 0.944 bits per heavy atom. The lowest BCUT2D eigenvalue weighted by atomic mass is 9.81. The van der Waals surface area contributed by atoms with E-state index in [1.54, 1.807) is 15.7 Å². The molecule has 6 heteroatoms. The van der Waals surface area contributed by atoms with Crippen molar-refractivity contribution in [3.8, 4) is 5.75 Å². The fraction of sp³-hybridized carbons (Fsp3) is 0.0667. The summed E-state index contributed by atoms with van der Waals surface area (Å²) < 4.78 is 8.90. The van der Waals surface area contributed by atoms with Crippen molar-refractivity contribution in [3.05, 3.63) is 132 Å². The molecule has 1 aliphatic rings. The maximum Gasteiger partial charge on any atom is 0.274 e. The summed E-state index contributed by atoms with van der Waals surface area (Å²) in [4.78, 5) is 20.1. The summed E-state index contributed by atoms with van der Waals surface area (Å²) in [6, 6.07) is 28.7. The molecule has 0 fully saturated rings. The second-order valence-electron chi connectivity index (χ2n) is 8.88. The summed E-state index contributed by atoms with van der Waals surface area (Å²) in [7, 11) is 0. The largest absolute Gasteiger partial charge is 0.455 e. The molecule has 0 N–H and O–H groups in total. The molecule has 0 saturated carbocycles. The van der Waals surface area contributed by atoms with Gasteiger partial charge in [0, 0.05) is 17.1 Å². The van der Waals surface area contributed by atoms with Crippen molar-refractivity contribution < 1.29 is 4.74 Å². The number of nitrogens with zero attached hydrogens (tertiary/aromatic N) is 2. The molecular weight excluding hydrogens is 484 g/mol. The molecule has 7 rings (SSSR count). The quantitative estimate of drug-likeness (QED) is 0.280. The topological polar surface area (TPSA) is 43.6 Å². The zero-order valence-corrected chi connectivity index (χ0v) is 21.0. The molecule has 6 aromatic rings. The summed E-state index contributed by atoms with van der Waals surface area (Å²) >= 11 is 3.06. The van der Waals surface area contributed by atoms with Crippen molar-refractivity contribution in [3.63, 3.8) is 0 Å². The molecule has 0 amide bonds. The van der Waals surface area contributed by atoms with Crippen LogP contribution in [0.2, 0.25) is 0 Å². The highest BCUT2D eigenvalue weighted by Gasteiger charge is 2.31. The van der Waals surface area contributed by atoms with Crippen LogP contribution in [0, 0.1) is 6.92 Å². The van der Waals surface area contributed by atoms with Gasteiger partial charge in [-0.1, -0.05) is 77.6 Å². The molecule has 1 aliphatic heterocycles. The van der Waals surface area contributed by atoms with E-state index in [1.165, 1.54) is 16.9 Å². The number of hydrogen-bond acceptors (Lipinski definition) is 5. The monoisotopic (exact) mass is 504 g/mol. The van der Waals surface area contributed by atoms with E-state index in [-0.39, 0.29) is 11.5 Å². The second kappa shape index (κ2) is 8.29. The first-order valence-corrected chi connectivity index (χ1v) is 13.4. The molecule has 0 aliphatic carbocycles. The Morgan fingerprint density at radius 2 is 1.75 bits per heavy atom. The first-order valence-electron chi connectivity index (χ1n) is 11.7. The zero-order chi connectivity index (χ0) is 24.2. The van der Waals surface area contributed by atoms with Crippen molar-refractivity contribution in [2.75, 3.05) is 0 Å².